The van der Waals surface area contributed by atoms with E-state index in [9.17, 15) is 0 Å². The van der Waals surface area contributed by atoms with E-state index in [1.807, 2.05) is 0 Å². The summed E-state index contributed by atoms with van der Waals surface area (Å²) in [5, 5.41) is 2.24. The first kappa shape index (κ1) is 14.6. The van der Waals surface area contributed by atoms with E-state index < -0.39 is 0 Å². The number of anilines is 2. The lowest BCUT2D eigenvalue weighted by atomic mass is 10.2. The number of aryl methyl sites for hydroxylation is 1. The molecule has 1 saturated heterocycles. The van der Waals surface area contributed by atoms with Crippen molar-refractivity contribution in [1.82, 2.24) is 14.3 Å². The Balaban J connectivity index is 1.30. The van der Waals surface area contributed by atoms with Gasteiger partial charge in [-0.15, -0.1) is 0 Å². The zero-order valence-electron chi connectivity index (χ0n) is 13.6. The molecule has 2 fully saturated rings. The van der Waals surface area contributed by atoms with E-state index in [1.165, 1.54) is 23.1 Å². The minimum absolute atomic E-state index is 0.641. The van der Waals surface area contributed by atoms with E-state index in [-0.39, 0.29) is 0 Å². The lowest BCUT2D eigenvalue weighted by molar-refractivity contribution is 0.650. The minimum Gasteiger partial charge on any atom is -0.345 e. The first-order chi connectivity index (χ1) is 11.8. The van der Waals surface area contributed by atoms with Gasteiger partial charge in [-0.1, -0.05) is 23.5 Å². The normalized spacial score (nSPS) is 18.5. The van der Waals surface area contributed by atoms with E-state index >= 15 is 0 Å². The fourth-order valence-electron chi connectivity index (χ4n) is 3.16. The van der Waals surface area contributed by atoms with Gasteiger partial charge in [0.15, 0.2) is 5.13 Å². The molecule has 0 radical (unpaired) electrons. The van der Waals surface area contributed by atoms with Crippen LogP contribution in [0.3, 0.4) is 0 Å². The van der Waals surface area contributed by atoms with Gasteiger partial charge in [-0.2, -0.15) is 4.37 Å². The van der Waals surface area contributed by atoms with Crippen molar-refractivity contribution in [2.45, 2.75) is 25.7 Å². The van der Waals surface area contributed by atoms with Crippen molar-refractivity contribution in [2.75, 3.05) is 36.0 Å². The van der Waals surface area contributed by atoms with Gasteiger partial charge in [-0.25, -0.2) is 9.97 Å². The fourth-order valence-corrected chi connectivity index (χ4v) is 5.05. The van der Waals surface area contributed by atoms with Crippen LogP contribution in [0, 0.1) is 6.92 Å². The van der Waals surface area contributed by atoms with Gasteiger partial charge in [0, 0.05) is 43.6 Å². The smallest absolute Gasteiger partial charge is 0.205 e. The van der Waals surface area contributed by atoms with Gasteiger partial charge in [0.1, 0.15) is 5.82 Å². The largest absolute Gasteiger partial charge is 0.345 e. The summed E-state index contributed by atoms with van der Waals surface area (Å²) in [5.41, 5.74) is 2.41. The molecule has 1 aliphatic carbocycles. The molecule has 0 atom stereocenters. The molecule has 0 spiro atoms. The van der Waals surface area contributed by atoms with Crippen LogP contribution in [-0.4, -0.2) is 40.5 Å². The van der Waals surface area contributed by atoms with Crippen LogP contribution >= 0.6 is 22.9 Å². The summed E-state index contributed by atoms with van der Waals surface area (Å²) in [7, 11) is 0. The number of para-hydroxylation sites is 1. The number of benzene rings is 1. The number of hydrogen-bond acceptors (Lipinski definition) is 7. The molecular formula is C17H19N5S2. The Hall–Kier alpha value is -1.73. The highest BCUT2D eigenvalue weighted by atomic mass is 32.1. The van der Waals surface area contributed by atoms with E-state index in [4.69, 9.17) is 9.97 Å². The van der Waals surface area contributed by atoms with Gasteiger partial charge >= 0.3 is 0 Å². The van der Waals surface area contributed by atoms with Crippen molar-refractivity contribution in [2.24, 2.45) is 0 Å². The topological polar surface area (TPSA) is 45.2 Å². The summed E-state index contributed by atoms with van der Waals surface area (Å²) in [4.78, 5) is 14.4. The van der Waals surface area contributed by atoms with Crippen LogP contribution < -0.4 is 9.80 Å². The van der Waals surface area contributed by atoms with E-state index in [0.717, 1.165) is 47.8 Å². The van der Waals surface area contributed by atoms with Crippen LogP contribution in [0.15, 0.2) is 18.2 Å². The summed E-state index contributed by atoms with van der Waals surface area (Å²) < 4.78 is 5.82. The highest BCUT2D eigenvalue weighted by Gasteiger charge is 2.29. The maximum atomic E-state index is 4.87. The Morgan fingerprint density at radius 3 is 2.46 bits per heavy atom. The monoisotopic (exact) mass is 357 g/mol. The quantitative estimate of drug-likeness (QED) is 0.716. The molecule has 0 amide bonds. The average Bonchev–Trinajstić information content (AvgIpc) is 3.17. The van der Waals surface area contributed by atoms with E-state index in [2.05, 4.69) is 39.3 Å². The van der Waals surface area contributed by atoms with Crippen LogP contribution in [0.4, 0.5) is 10.3 Å². The van der Waals surface area contributed by atoms with Crippen molar-refractivity contribution in [1.29, 1.82) is 0 Å². The van der Waals surface area contributed by atoms with Crippen LogP contribution in [-0.2, 0) is 0 Å². The van der Waals surface area contributed by atoms with Gasteiger partial charge in [0.05, 0.1) is 10.2 Å². The zero-order valence-corrected chi connectivity index (χ0v) is 15.2. The molecule has 3 heterocycles. The molecule has 2 aliphatic rings. The number of nitrogens with zero attached hydrogens (tertiary/aromatic N) is 5. The van der Waals surface area contributed by atoms with Crippen LogP contribution in [0.2, 0.25) is 0 Å². The summed E-state index contributed by atoms with van der Waals surface area (Å²) in [6.45, 7) is 6.12. The second-order valence-corrected chi connectivity index (χ2v) is 8.34. The molecular weight excluding hydrogens is 338 g/mol. The van der Waals surface area contributed by atoms with Crippen molar-refractivity contribution in [3.63, 3.8) is 0 Å². The summed E-state index contributed by atoms with van der Waals surface area (Å²) in [6, 6.07) is 6.42. The Morgan fingerprint density at radius 1 is 1.00 bits per heavy atom. The molecule has 5 rings (SSSR count). The van der Waals surface area contributed by atoms with Crippen LogP contribution in [0.5, 0.6) is 0 Å². The van der Waals surface area contributed by atoms with Crippen LogP contribution in [0.25, 0.3) is 10.2 Å². The zero-order chi connectivity index (χ0) is 16.1. The van der Waals surface area contributed by atoms with Gasteiger partial charge in [0.25, 0.3) is 0 Å². The second-order valence-electron chi connectivity index (χ2n) is 6.60. The third kappa shape index (κ3) is 2.56. The Bertz CT molecular complexity index is 874. The van der Waals surface area contributed by atoms with Gasteiger partial charge in [0.2, 0.25) is 5.13 Å². The molecule has 1 saturated carbocycles. The highest BCUT2D eigenvalue weighted by Crippen LogP contribution is 2.40. The molecule has 1 aliphatic heterocycles. The molecule has 0 bridgehead atoms. The molecule has 5 nitrogen and oxygen atoms in total. The Morgan fingerprint density at radius 2 is 1.75 bits per heavy atom. The maximum Gasteiger partial charge on any atom is 0.205 e. The second kappa shape index (κ2) is 5.67. The van der Waals surface area contributed by atoms with Crippen molar-refractivity contribution in [3.05, 3.63) is 29.6 Å². The predicted octanol–water partition coefficient (Wildman–Crippen LogP) is 3.66. The van der Waals surface area contributed by atoms with E-state index in [0.29, 0.717) is 5.92 Å². The number of thiazole rings is 1. The van der Waals surface area contributed by atoms with Crippen molar-refractivity contribution in [3.8, 4) is 0 Å². The van der Waals surface area contributed by atoms with Crippen molar-refractivity contribution >= 4 is 43.3 Å². The Labute approximate surface area is 149 Å². The van der Waals surface area contributed by atoms with E-state index in [1.54, 1.807) is 22.9 Å². The highest BCUT2D eigenvalue weighted by molar-refractivity contribution is 7.22. The van der Waals surface area contributed by atoms with Gasteiger partial charge < -0.3 is 9.80 Å². The number of rotatable bonds is 3. The molecule has 24 heavy (non-hydrogen) atoms. The molecule has 3 aromatic rings. The fraction of sp³-hybridized carbons (Fsp3) is 0.471. The molecule has 7 heteroatoms. The molecule has 0 unspecified atom stereocenters. The summed E-state index contributed by atoms with van der Waals surface area (Å²) >= 11 is 3.36. The van der Waals surface area contributed by atoms with Gasteiger partial charge in [-0.05, 0) is 31.4 Å². The first-order valence-electron chi connectivity index (χ1n) is 8.47. The SMILES string of the molecule is Cc1cccc2sc(N3CCN(c4nc(C5CC5)ns4)CC3)nc12. The third-order valence-corrected chi connectivity index (χ3v) is 6.68. The molecule has 124 valence electrons. The summed E-state index contributed by atoms with van der Waals surface area (Å²) in [6.07, 6.45) is 2.53. The van der Waals surface area contributed by atoms with Gasteiger partial charge in [-0.3, -0.25) is 0 Å². The number of aromatic nitrogens is 3. The third-order valence-electron chi connectivity index (χ3n) is 4.80. The lowest BCUT2D eigenvalue weighted by Crippen LogP contribution is -2.46. The molecule has 1 aromatic carbocycles. The first-order valence-corrected chi connectivity index (χ1v) is 10.1. The van der Waals surface area contributed by atoms with Crippen LogP contribution in [0.1, 0.15) is 30.1 Å². The minimum atomic E-state index is 0.641. The maximum absolute atomic E-state index is 4.87. The molecule has 2 aromatic heterocycles. The lowest BCUT2D eigenvalue weighted by Gasteiger charge is -2.34. The summed E-state index contributed by atoms with van der Waals surface area (Å²) in [5.74, 6) is 1.71. The number of piperazine rings is 1. The Kier molecular flexibility index (Phi) is 3.45. The standard InChI is InChI=1S/C17H19N5S2/c1-11-3-2-4-13-14(11)18-16(23-13)21-7-9-22(10-8-21)17-19-15(20-24-17)12-5-6-12/h2-4,12H,5-10H2,1H3. The average molecular weight is 358 g/mol. The predicted molar refractivity (Wildman–Crippen MR) is 101 cm³/mol. The number of fused-ring (bicyclic) bond motifs is 1. The molecule has 0 N–H and O–H groups in total. The number of hydrogen-bond donors (Lipinski definition) is 0. The van der Waals surface area contributed by atoms with Crippen molar-refractivity contribution < 1.29 is 0 Å².